The van der Waals surface area contributed by atoms with Crippen LogP contribution in [-0.2, 0) is 10.0 Å². The van der Waals surface area contributed by atoms with E-state index in [1.807, 2.05) is 0 Å². The van der Waals surface area contributed by atoms with Crippen LogP contribution in [0.4, 0.5) is 15.8 Å². The molecule has 0 atom stereocenters. The molecule has 0 aliphatic rings. The van der Waals surface area contributed by atoms with Gasteiger partial charge in [-0.1, -0.05) is 18.2 Å². The fourth-order valence-electron chi connectivity index (χ4n) is 2.89. The Morgan fingerprint density at radius 3 is 2.37 bits per heavy atom. The summed E-state index contributed by atoms with van der Waals surface area (Å²) in [5.41, 5.74) is 1.45. The summed E-state index contributed by atoms with van der Waals surface area (Å²) in [6.45, 7) is 1.78. The maximum atomic E-state index is 13.9. The molecule has 1 amide bonds. The summed E-state index contributed by atoms with van der Waals surface area (Å²) >= 11 is 0. The Labute approximate surface area is 175 Å². The number of ether oxygens (including phenoxy) is 1. The first-order valence-corrected chi connectivity index (χ1v) is 10.5. The molecule has 6 nitrogen and oxygen atoms in total. The van der Waals surface area contributed by atoms with E-state index in [0.717, 1.165) is 9.87 Å². The molecule has 0 aromatic heterocycles. The highest BCUT2D eigenvalue weighted by molar-refractivity contribution is 7.92. The Morgan fingerprint density at radius 1 is 1.03 bits per heavy atom. The number of hydrogen-bond donors (Lipinski definition) is 1. The van der Waals surface area contributed by atoms with Crippen molar-refractivity contribution in [2.75, 3.05) is 23.8 Å². The lowest BCUT2D eigenvalue weighted by Crippen LogP contribution is -2.27. The number of benzene rings is 3. The number of anilines is 2. The van der Waals surface area contributed by atoms with Crippen molar-refractivity contribution in [3.8, 4) is 5.75 Å². The number of halogens is 1. The quantitative estimate of drug-likeness (QED) is 0.638. The van der Waals surface area contributed by atoms with Gasteiger partial charge in [0.1, 0.15) is 11.6 Å². The van der Waals surface area contributed by atoms with E-state index in [1.165, 1.54) is 50.6 Å². The summed E-state index contributed by atoms with van der Waals surface area (Å²) in [4.78, 5) is 12.4. The minimum absolute atomic E-state index is 0.00851. The molecule has 0 bridgehead atoms. The third-order valence-electron chi connectivity index (χ3n) is 4.57. The standard InChI is InChI=1S/C22H21FN2O4S/c1-15-8-13-18(23)19(14-15)24-22(26)16-9-11-17(12-10-16)30(27,28)25(2)20-6-4-5-7-21(20)29-3/h4-14H,1-3H3,(H,24,26). The molecular formula is C22H21FN2O4S. The average molecular weight is 428 g/mol. The number of nitrogens with zero attached hydrogens (tertiary/aromatic N) is 1. The minimum atomic E-state index is -3.88. The number of sulfonamides is 1. The van der Waals surface area contributed by atoms with Crippen LogP contribution < -0.4 is 14.4 Å². The summed E-state index contributed by atoms with van der Waals surface area (Å²) in [5.74, 6) is -0.673. The monoisotopic (exact) mass is 428 g/mol. The number of carbonyl (C=O) groups excluding carboxylic acids is 1. The Balaban J connectivity index is 1.83. The van der Waals surface area contributed by atoms with E-state index in [2.05, 4.69) is 5.32 Å². The van der Waals surface area contributed by atoms with Gasteiger partial charge in [0, 0.05) is 12.6 Å². The maximum Gasteiger partial charge on any atom is 0.264 e. The number of para-hydroxylation sites is 2. The summed E-state index contributed by atoms with van der Waals surface area (Å²) in [7, 11) is -0.990. The third kappa shape index (κ3) is 4.28. The summed E-state index contributed by atoms with van der Waals surface area (Å²) in [6.07, 6.45) is 0. The van der Waals surface area contributed by atoms with Gasteiger partial charge >= 0.3 is 0 Å². The molecule has 30 heavy (non-hydrogen) atoms. The van der Waals surface area contributed by atoms with Gasteiger partial charge in [0.2, 0.25) is 0 Å². The Morgan fingerprint density at radius 2 is 1.70 bits per heavy atom. The number of hydrogen-bond acceptors (Lipinski definition) is 4. The van der Waals surface area contributed by atoms with Crippen LogP contribution in [0.1, 0.15) is 15.9 Å². The van der Waals surface area contributed by atoms with Crippen LogP contribution in [0.25, 0.3) is 0 Å². The number of aryl methyl sites for hydroxylation is 1. The number of nitrogens with one attached hydrogen (secondary N) is 1. The summed E-state index contributed by atoms with van der Waals surface area (Å²) in [6, 6.07) is 16.6. The van der Waals surface area contributed by atoms with Gasteiger partial charge in [-0.05, 0) is 61.0 Å². The molecule has 0 saturated carbocycles. The van der Waals surface area contributed by atoms with Crippen molar-refractivity contribution in [1.29, 1.82) is 0 Å². The average Bonchev–Trinajstić information content (AvgIpc) is 2.75. The number of carbonyl (C=O) groups is 1. The first-order valence-electron chi connectivity index (χ1n) is 9.03. The normalized spacial score (nSPS) is 11.1. The molecule has 0 radical (unpaired) electrons. The molecule has 0 spiro atoms. The van der Waals surface area contributed by atoms with Crippen LogP contribution >= 0.6 is 0 Å². The predicted molar refractivity (Wildman–Crippen MR) is 114 cm³/mol. The van der Waals surface area contributed by atoms with Crippen LogP contribution in [-0.4, -0.2) is 28.5 Å². The number of rotatable bonds is 6. The van der Waals surface area contributed by atoms with Crippen LogP contribution in [0.5, 0.6) is 5.75 Å². The largest absolute Gasteiger partial charge is 0.495 e. The molecule has 0 saturated heterocycles. The highest BCUT2D eigenvalue weighted by Gasteiger charge is 2.24. The fourth-order valence-corrected chi connectivity index (χ4v) is 4.09. The second kappa shape index (κ2) is 8.54. The number of methoxy groups -OCH3 is 1. The molecule has 3 rings (SSSR count). The molecule has 0 aliphatic heterocycles. The molecule has 0 unspecified atom stereocenters. The zero-order valence-electron chi connectivity index (χ0n) is 16.7. The van der Waals surface area contributed by atoms with Crippen molar-refractivity contribution >= 4 is 27.3 Å². The van der Waals surface area contributed by atoms with Crippen LogP contribution in [0, 0.1) is 12.7 Å². The van der Waals surface area contributed by atoms with E-state index in [9.17, 15) is 17.6 Å². The van der Waals surface area contributed by atoms with Crippen molar-refractivity contribution in [2.45, 2.75) is 11.8 Å². The van der Waals surface area contributed by atoms with Crippen LogP contribution in [0.15, 0.2) is 71.6 Å². The van der Waals surface area contributed by atoms with Crippen molar-refractivity contribution in [3.05, 3.63) is 83.7 Å². The van der Waals surface area contributed by atoms with Gasteiger partial charge in [0.15, 0.2) is 0 Å². The lowest BCUT2D eigenvalue weighted by Gasteiger charge is -2.21. The second-order valence-corrected chi connectivity index (χ2v) is 8.58. The van der Waals surface area contributed by atoms with Gasteiger partial charge in [0.05, 0.1) is 23.4 Å². The van der Waals surface area contributed by atoms with Gasteiger partial charge in [-0.15, -0.1) is 0 Å². The Bertz CT molecular complexity index is 1180. The predicted octanol–water partition coefficient (Wildman–Crippen LogP) is 4.22. The second-order valence-electron chi connectivity index (χ2n) is 6.61. The minimum Gasteiger partial charge on any atom is -0.495 e. The zero-order chi connectivity index (χ0) is 21.9. The fraction of sp³-hybridized carbons (Fsp3) is 0.136. The van der Waals surface area contributed by atoms with E-state index < -0.39 is 21.7 Å². The molecule has 8 heteroatoms. The van der Waals surface area contributed by atoms with Gasteiger partial charge in [-0.2, -0.15) is 0 Å². The van der Waals surface area contributed by atoms with E-state index in [4.69, 9.17) is 4.74 Å². The van der Waals surface area contributed by atoms with Crippen LogP contribution in [0.3, 0.4) is 0 Å². The third-order valence-corrected chi connectivity index (χ3v) is 6.36. The van der Waals surface area contributed by atoms with E-state index >= 15 is 0 Å². The molecule has 3 aromatic carbocycles. The zero-order valence-corrected chi connectivity index (χ0v) is 17.5. The topological polar surface area (TPSA) is 75.7 Å². The molecular weight excluding hydrogens is 407 g/mol. The lowest BCUT2D eigenvalue weighted by atomic mass is 10.2. The van der Waals surface area contributed by atoms with E-state index in [0.29, 0.717) is 11.4 Å². The lowest BCUT2D eigenvalue weighted by molar-refractivity contribution is 0.102. The maximum absolute atomic E-state index is 13.9. The van der Waals surface area contributed by atoms with Crippen molar-refractivity contribution < 1.29 is 22.3 Å². The van der Waals surface area contributed by atoms with Gasteiger partial charge in [-0.3, -0.25) is 9.10 Å². The Hall–Kier alpha value is -3.39. The van der Waals surface area contributed by atoms with Crippen molar-refractivity contribution in [3.63, 3.8) is 0 Å². The first-order chi connectivity index (χ1) is 14.2. The highest BCUT2D eigenvalue weighted by Crippen LogP contribution is 2.31. The summed E-state index contributed by atoms with van der Waals surface area (Å²) in [5, 5.41) is 2.50. The molecule has 1 N–H and O–H groups in total. The van der Waals surface area contributed by atoms with Gasteiger partial charge < -0.3 is 10.1 Å². The Kier molecular flexibility index (Phi) is 6.07. The molecule has 156 valence electrons. The van der Waals surface area contributed by atoms with Crippen molar-refractivity contribution in [2.24, 2.45) is 0 Å². The van der Waals surface area contributed by atoms with Crippen molar-refractivity contribution in [1.82, 2.24) is 0 Å². The van der Waals surface area contributed by atoms with E-state index in [-0.39, 0.29) is 16.1 Å². The molecule has 0 fully saturated rings. The smallest absolute Gasteiger partial charge is 0.264 e. The molecule has 3 aromatic rings. The molecule has 0 aliphatic carbocycles. The van der Waals surface area contributed by atoms with Gasteiger partial charge in [0.25, 0.3) is 15.9 Å². The first kappa shape index (κ1) is 21.3. The number of amides is 1. The SMILES string of the molecule is COc1ccccc1N(C)S(=O)(=O)c1ccc(C(=O)Nc2cc(C)ccc2F)cc1. The van der Waals surface area contributed by atoms with Gasteiger partial charge in [-0.25, -0.2) is 12.8 Å². The summed E-state index contributed by atoms with van der Waals surface area (Å²) < 4.78 is 46.2. The highest BCUT2D eigenvalue weighted by atomic mass is 32.2. The van der Waals surface area contributed by atoms with E-state index in [1.54, 1.807) is 37.3 Å². The van der Waals surface area contributed by atoms with Crippen LogP contribution in [0.2, 0.25) is 0 Å². The molecule has 0 heterocycles.